The van der Waals surface area contributed by atoms with E-state index < -0.39 is 17.4 Å². The second-order valence-corrected chi connectivity index (χ2v) is 10.9. The fraction of sp³-hybridized carbons (Fsp3) is 0.281. The van der Waals surface area contributed by atoms with Gasteiger partial charge in [0.1, 0.15) is 11.6 Å². The van der Waals surface area contributed by atoms with Crippen LogP contribution in [-0.4, -0.2) is 42.7 Å². The van der Waals surface area contributed by atoms with Crippen LogP contribution in [0.2, 0.25) is 0 Å². The molecule has 1 amide bonds. The lowest BCUT2D eigenvalue weighted by Crippen LogP contribution is -2.45. The van der Waals surface area contributed by atoms with Crippen molar-refractivity contribution in [3.63, 3.8) is 0 Å². The van der Waals surface area contributed by atoms with E-state index in [1.807, 2.05) is 24.3 Å². The molecule has 6 rings (SSSR count). The van der Waals surface area contributed by atoms with Crippen molar-refractivity contribution in [2.75, 3.05) is 0 Å². The van der Waals surface area contributed by atoms with Crippen molar-refractivity contribution in [1.82, 2.24) is 14.5 Å². The monoisotopic (exact) mass is 568 g/mol. The lowest BCUT2D eigenvalue weighted by atomic mass is 9.94. The molecule has 1 atom stereocenters. The van der Waals surface area contributed by atoms with Gasteiger partial charge in [0.2, 0.25) is 5.60 Å². The Kier molecular flexibility index (Phi) is 7.06. The minimum atomic E-state index is -1.15. The molecular weight excluding hydrogens is 539 g/mol. The van der Waals surface area contributed by atoms with Gasteiger partial charge in [-0.25, -0.2) is 9.37 Å². The lowest BCUT2D eigenvalue weighted by molar-refractivity contribution is -0.153. The minimum Gasteiger partial charge on any atom is -0.481 e. The molecule has 9 nitrogen and oxygen atoms in total. The number of aliphatic carboxylic acids is 1. The minimum absolute atomic E-state index is 0.0132. The number of amides is 1. The zero-order chi connectivity index (χ0) is 29.4. The summed E-state index contributed by atoms with van der Waals surface area (Å²) < 4.78 is 15.1. The number of fused-ring (bicyclic) bond motifs is 2. The molecule has 4 aromatic rings. The molecule has 3 heterocycles. The number of benzene rings is 3. The molecule has 0 radical (unpaired) electrons. The van der Waals surface area contributed by atoms with E-state index in [-0.39, 0.29) is 24.3 Å². The van der Waals surface area contributed by atoms with Crippen LogP contribution >= 0.6 is 0 Å². The Balaban J connectivity index is 1.28. The highest BCUT2D eigenvalue weighted by molar-refractivity contribution is 6.07. The Bertz CT molecular complexity index is 1770. The fourth-order valence-electron chi connectivity index (χ4n) is 5.62. The molecule has 214 valence electrons. The smallest absolute Gasteiger partial charge is 0.303 e. The topological polar surface area (TPSA) is 114 Å². The van der Waals surface area contributed by atoms with Gasteiger partial charge in [-0.1, -0.05) is 35.5 Å². The van der Waals surface area contributed by atoms with Gasteiger partial charge >= 0.3 is 5.97 Å². The van der Waals surface area contributed by atoms with Gasteiger partial charge in [0.15, 0.2) is 0 Å². The van der Waals surface area contributed by atoms with E-state index in [9.17, 15) is 18.8 Å². The standard InChI is InChI=1S/C32H29FN4O5/c1-32(31(41)36-18-21-6-2-3-7-22(21)19-36)17-27(35-42-32)20-10-15-25-26(16-20)34-28(8-4-5-9-29(38)39)37(30(25)40)24-13-11-23(33)12-14-24/h2-3,6-7,10-16H,4-5,8-9,17-19H2,1H3,(H,38,39)/t32-/m0/s1. The predicted molar refractivity (Wildman–Crippen MR) is 154 cm³/mol. The summed E-state index contributed by atoms with van der Waals surface area (Å²) >= 11 is 0. The summed E-state index contributed by atoms with van der Waals surface area (Å²) in [6.07, 6.45) is 1.56. The molecule has 10 heteroatoms. The molecule has 0 bridgehead atoms. The van der Waals surface area contributed by atoms with Gasteiger partial charge in [0.25, 0.3) is 11.5 Å². The van der Waals surface area contributed by atoms with E-state index in [4.69, 9.17) is 14.9 Å². The predicted octanol–water partition coefficient (Wildman–Crippen LogP) is 4.75. The molecule has 2 aliphatic heterocycles. The van der Waals surface area contributed by atoms with Crippen LogP contribution in [-0.2, 0) is 33.9 Å². The summed E-state index contributed by atoms with van der Waals surface area (Å²) in [6.45, 7) is 2.79. The average molecular weight is 569 g/mol. The molecule has 0 spiro atoms. The Hall–Kier alpha value is -4.86. The first-order valence-electron chi connectivity index (χ1n) is 13.9. The van der Waals surface area contributed by atoms with E-state index >= 15 is 0 Å². The Morgan fingerprint density at radius 3 is 2.43 bits per heavy atom. The van der Waals surface area contributed by atoms with Gasteiger partial charge in [-0.3, -0.25) is 19.0 Å². The first kappa shape index (κ1) is 27.3. The summed E-state index contributed by atoms with van der Waals surface area (Å²) in [5.74, 6) is -1.00. The van der Waals surface area contributed by atoms with Crippen LogP contribution in [0.4, 0.5) is 4.39 Å². The molecule has 42 heavy (non-hydrogen) atoms. The highest BCUT2D eigenvalue weighted by atomic mass is 19.1. The van der Waals surface area contributed by atoms with Crippen LogP contribution in [0.5, 0.6) is 0 Å². The van der Waals surface area contributed by atoms with Crippen LogP contribution < -0.4 is 5.56 Å². The second-order valence-electron chi connectivity index (χ2n) is 10.9. The normalized spacial score (nSPS) is 17.7. The third kappa shape index (κ3) is 5.15. The number of aromatic nitrogens is 2. The third-order valence-corrected chi connectivity index (χ3v) is 7.84. The third-order valence-electron chi connectivity index (χ3n) is 7.84. The van der Waals surface area contributed by atoms with Gasteiger partial charge < -0.3 is 14.8 Å². The largest absolute Gasteiger partial charge is 0.481 e. The number of aryl methyl sites for hydroxylation is 1. The SMILES string of the molecule is C[C@@]1(C(=O)N2Cc3ccccc3C2)CC(c2ccc3c(=O)n(-c4ccc(F)cc4)c(CCCCC(=O)O)nc3c2)=NO1. The quantitative estimate of drug-likeness (QED) is 0.307. The molecule has 0 saturated heterocycles. The maximum absolute atomic E-state index is 13.7. The van der Waals surface area contributed by atoms with Gasteiger partial charge in [0.05, 0.1) is 22.3 Å². The van der Waals surface area contributed by atoms with E-state index in [1.165, 1.54) is 28.8 Å². The summed E-state index contributed by atoms with van der Waals surface area (Å²) in [7, 11) is 0. The van der Waals surface area contributed by atoms with Gasteiger partial charge in [0, 0.05) is 37.9 Å². The number of unbranched alkanes of at least 4 members (excludes halogenated alkanes) is 1. The number of carbonyl (C=O) groups is 2. The van der Waals surface area contributed by atoms with Crippen molar-refractivity contribution in [1.29, 1.82) is 0 Å². The van der Waals surface area contributed by atoms with Crippen LogP contribution in [0.1, 0.15) is 55.1 Å². The number of rotatable bonds is 8. The van der Waals surface area contributed by atoms with Crippen molar-refractivity contribution in [2.45, 2.75) is 57.7 Å². The van der Waals surface area contributed by atoms with Gasteiger partial charge in [-0.2, -0.15) is 0 Å². The van der Waals surface area contributed by atoms with Crippen LogP contribution in [0, 0.1) is 5.82 Å². The van der Waals surface area contributed by atoms with Crippen molar-refractivity contribution in [3.05, 3.63) is 105 Å². The van der Waals surface area contributed by atoms with Crippen molar-refractivity contribution < 1.29 is 23.9 Å². The lowest BCUT2D eigenvalue weighted by Gasteiger charge is -2.26. The highest BCUT2D eigenvalue weighted by Gasteiger charge is 2.45. The number of oxime groups is 1. The number of nitrogens with zero attached hydrogens (tertiary/aromatic N) is 4. The summed E-state index contributed by atoms with van der Waals surface area (Å²) in [6, 6.07) is 18.8. The molecule has 3 aromatic carbocycles. The van der Waals surface area contributed by atoms with Crippen molar-refractivity contribution in [3.8, 4) is 5.69 Å². The maximum atomic E-state index is 13.7. The summed E-state index contributed by atoms with van der Waals surface area (Å²) in [4.78, 5) is 50.5. The zero-order valence-corrected chi connectivity index (χ0v) is 23.0. The molecule has 2 aliphatic rings. The van der Waals surface area contributed by atoms with Crippen molar-refractivity contribution >= 4 is 28.5 Å². The summed E-state index contributed by atoms with van der Waals surface area (Å²) in [5.41, 5.74) is 2.97. The summed E-state index contributed by atoms with van der Waals surface area (Å²) in [5, 5.41) is 13.6. The number of carboxylic acids is 1. The van der Waals surface area contributed by atoms with Crippen LogP contribution in [0.25, 0.3) is 16.6 Å². The van der Waals surface area contributed by atoms with Crippen LogP contribution in [0.15, 0.2) is 76.7 Å². The van der Waals surface area contributed by atoms with E-state index in [1.54, 1.807) is 30.0 Å². The number of carbonyl (C=O) groups excluding carboxylic acids is 1. The molecule has 0 aliphatic carbocycles. The second kappa shape index (κ2) is 10.8. The molecule has 0 unspecified atom stereocenters. The number of hydrogen-bond acceptors (Lipinski definition) is 6. The first-order valence-corrected chi connectivity index (χ1v) is 13.9. The fourth-order valence-corrected chi connectivity index (χ4v) is 5.62. The molecule has 0 fully saturated rings. The van der Waals surface area contributed by atoms with E-state index in [0.29, 0.717) is 66.0 Å². The van der Waals surface area contributed by atoms with Crippen molar-refractivity contribution in [2.24, 2.45) is 5.16 Å². The van der Waals surface area contributed by atoms with Crippen LogP contribution in [0.3, 0.4) is 0 Å². The Morgan fingerprint density at radius 1 is 1.02 bits per heavy atom. The van der Waals surface area contributed by atoms with Gasteiger partial charge in [-0.05, 0) is 67.3 Å². The Morgan fingerprint density at radius 2 is 1.74 bits per heavy atom. The first-order chi connectivity index (χ1) is 20.2. The molecular formula is C32H29FN4O5. The number of halogens is 1. The molecule has 0 saturated carbocycles. The number of carboxylic acid groups (broad SMARTS) is 1. The van der Waals surface area contributed by atoms with E-state index in [0.717, 1.165) is 11.1 Å². The number of hydrogen-bond donors (Lipinski definition) is 1. The Labute approximate surface area is 240 Å². The maximum Gasteiger partial charge on any atom is 0.303 e. The van der Waals surface area contributed by atoms with E-state index in [2.05, 4.69) is 5.16 Å². The molecule has 1 N–H and O–H groups in total. The molecule has 1 aromatic heterocycles. The van der Waals surface area contributed by atoms with Gasteiger partial charge in [-0.15, -0.1) is 0 Å². The zero-order valence-electron chi connectivity index (χ0n) is 23.0. The average Bonchev–Trinajstić information content (AvgIpc) is 3.60. The highest BCUT2D eigenvalue weighted by Crippen LogP contribution is 2.33.